The highest BCUT2D eigenvalue weighted by atomic mass is 32.1. The van der Waals surface area contributed by atoms with Gasteiger partial charge in [0.1, 0.15) is 11.4 Å². The van der Waals surface area contributed by atoms with E-state index in [9.17, 15) is 4.79 Å². The summed E-state index contributed by atoms with van der Waals surface area (Å²) >= 11 is 1.59. The fourth-order valence-corrected chi connectivity index (χ4v) is 3.88. The molecule has 1 aromatic carbocycles. The number of nitrogens with two attached hydrogens (primary N) is 1. The van der Waals surface area contributed by atoms with E-state index in [1.165, 1.54) is 6.08 Å². The maximum Gasteiger partial charge on any atom is 0.243 e. The number of fused-ring (bicyclic) bond motifs is 2. The Morgan fingerprint density at radius 2 is 2.24 bits per heavy atom. The van der Waals surface area contributed by atoms with Gasteiger partial charge >= 0.3 is 0 Å². The number of thiophene rings is 1. The number of likely N-dealkylation sites (N-methyl/N-ethyl adjacent to an activating group) is 1. The molecule has 0 saturated heterocycles. The van der Waals surface area contributed by atoms with Gasteiger partial charge in [0.05, 0.1) is 6.26 Å². The van der Waals surface area contributed by atoms with E-state index >= 15 is 0 Å². The van der Waals surface area contributed by atoms with Crippen molar-refractivity contribution in [2.24, 2.45) is 0 Å². The molecular formula is C19H15N3O2S. The highest BCUT2D eigenvalue weighted by Gasteiger charge is 2.14. The number of anilines is 1. The van der Waals surface area contributed by atoms with E-state index in [2.05, 4.69) is 21.7 Å². The van der Waals surface area contributed by atoms with E-state index in [1.807, 2.05) is 18.2 Å². The van der Waals surface area contributed by atoms with Crippen LogP contribution in [-0.4, -0.2) is 17.9 Å². The predicted octanol–water partition coefficient (Wildman–Crippen LogP) is 4.05. The molecule has 6 heteroatoms. The Morgan fingerprint density at radius 1 is 1.36 bits per heavy atom. The van der Waals surface area contributed by atoms with Gasteiger partial charge in [0, 0.05) is 45.9 Å². The number of furan rings is 1. The third-order valence-corrected chi connectivity index (χ3v) is 5.11. The number of benzene rings is 1. The fourth-order valence-electron chi connectivity index (χ4n) is 2.80. The average molecular weight is 349 g/mol. The average Bonchev–Trinajstić information content (AvgIpc) is 3.27. The van der Waals surface area contributed by atoms with Gasteiger partial charge in [-0.25, -0.2) is 4.98 Å². The van der Waals surface area contributed by atoms with Gasteiger partial charge in [0.25, 0.3) is 0 Å². The molecule has 0 aliphatic heterocycles. The second kappa shape index (κ2) is 6.07. The maximum atomic E-state index is 11.5. The number of nitrogens with one attached hydrogen (secondary N) is 1. The zero-order chi connectivity index (χ0) is 17.4. The molecule has 0 aliphatic carbocycles. The molecule has 3 heterocycles. The first-order valence-electron chi connectivity index (χ1n) is 7.70. The van der Waals surface area contributed by atoms with E-state index in [0.29, 0.717) is 5.82 Å². The first-order chi connectivity index (χ1) is 12.2. The molecule has 25 heavy (non-hydrogen) atoms. The molecule has 5 nitrogen and oxygen atoms in total. The molecular weight excluding hydrogens is 334 g/mol. The van der Waals surface area contributed by atoms with Crippen molar-refractivity contribution in [2.45, 2.75) is 0 Å². The number of hydrogen-bond acceptors (Lipinski definition) is 5. The minimum Gasteiger partial charge on any atom is -0.464 e. The molecule has 0 saturated carbocycles. The monoisotopic (exact) mass is 349 g/mol. The van der Waals surface area contributed by atoms with E-state index in [4.69, 9.17) is 10.2 Å². The summed E-state index contributed by atoms with van der Waals surface area (Å²) in [6.45, 7) is 0. The van der Waals surface area contributed by atoms with Crippen LogP contribution < -0.4 is 11.1 Å². The number of rotatable bonds is 3. The van der Waals surface area contributed by atoms with Crippen LogP contribution in [0.2, 0.25) is 0 Å². The summed E-state index contributed by atoms with van der Waals surface area (Å²) in [6, 6.07) is 7.98. The Morgan fingerprint density at radius 3 is 3.08 bits per heavy atom. The van der Waals surface area contributed by atoms with Crippen LogP contribution in [-0.2, 0) is 4.79 Å². The van der Waals surface area contributed by atoms with Crippen molar-refractivity contribution in [3.8, 4) is 11.1 Å². The number of pyridine rings is 1. The molecule has 0 radical (unpaired) electrons. The summed E-state index contributed by atoms with van der Waals surface area (Å²) in [5.74, 6) is 0.322. The van der Waals surface area contributed by atoms with Gasteiger partial charge in [-0.3, -0.25) is 4.79 Å². The van der Waals surface area contributed by atoms with Crippen molar-refractivity contribution in [3.63, 3.8) is 0 Å². The SMILES string of the molecule is CNC(=O)/C=C/c1cnc(N)c2c(-c3ccc4occc4c3)csc12. The lowest BCUT2D eigenvalue weighted by Gasteiger charge is -2.04. The van der Waals surface area contributed by atoms with E-state index in [-0.39, 0.29) is 5.91 Å². The summed E-state index contributed by atoms with van der Waals surface area (Å²) in [5, 5.41) is 6.58. The Bertz CT molecular complexity index is 1120. The van der Waals surface area contributed by atoms with Gasteiger partial charge in [-0.05, 0) is 35.2 Å². The first kappa shape index (κ1) is 15.4. The lowest BCUT2D eigenvalue weighted by Crippen LogP contribution is -2.13. The Labute approximate surface area is 147 Å². The predicted molar refractivity (Wildman–Crippen MR) is 102 cm³/mol. The maximum absolute atomic E-state index is 11.5. The summed E-state index contributed by atoms with van der Waals surface area (Å²) < 4.78 is 6.41. The van der Waals surface area contributed by atoms with E-state index < -0.39 is 0 Å². The number of nitrogen functional groups attached to an aromatic ring is 1. The van der Waals surface area contributed by atoms with Gasteiger partial charge in [0.2, 0.25) is 5.91 Å². The van der Waals surface area contributed by atoms with Crippen molar-refractivity contribution in [3.05, 3.63) is 53.7 Å². The van der Waals surface area contributed by atoms with Crippen molar-refractivity contribution < 1.29 is 9.21 Å². The minimum atomic E-state index is -0.160. The highest BCUT2D eigenvalue weighted by Crippen LogP contribution is 2.39. The quantitative estimate of drug-likeness (QED) is 0.547. The van der Waals surface area contributed by atoms with Gasteiger partial charge in [-0.15, -0.1) is 11.3 Å². The van der Waals surface area contributed by atoms with Crippen molar-refractivity contribution >= 4 is 50.2 Å². The molecule has 0 fully saturated rings. The normalized spacial score (nSPS) is 11.6. The van der Waals surface area contributed by atoms with Crippen LogP contribution in [0.5, 0.6) is 0 Å². The minimum absolute atomic E-state index is 0.160. The lowest BCUT2D eigenvalue weighted by atomic mass is 10.0. The molecule has 4 rings (SSSR count). The molecule has 124 valence electrons. The smallest absolute Gasteiger partial charge is 0.243 e. The number of carbonyl (C=O) groups is 1. The van der Waals surface area contributed by atoms with Crippen LogP contribution in [0.25, 0.3) is 38.3 Å². The number of amides is 1. The molecule has 3 aromatic heterocycles. The zero-order valence-corrected chi connectivity index (χ0v) is 14.3. The number of aromatic nitrogens is 1. The fraction of sp³-hybridized carbons (Fsp3) is 0.0526. The second-order valence-corrected chi connectivity index (χ2v) is 6.45. The summed E-state index contributed by atoms with van der Waals surface area (Å²) in [5.41, 5.74) is 9.96. The van der Waals surface area contributed by atoms with E-state index in [0.717, 1.165) is 37.7 Å². The molecule has 0 aliphatic rings. The van der Waals surface area contributed by atoms with Gasteiger partial charge in [-0.2, -0.15) is 0 Å². The van der Waals surface area contributed by atoms with Crippen LogP contribution >= 0.6 is 11.3 Å². The molecule has 0 spiro atoms. The topological polar surface area (TPSA) is 81.2 Å². The zero-order valence-electron chi connectivity index (χ0n) is 13.4. The molecule has 4 aromatic rings. The number of carbonyl (C=O) groups excluding carboxylic acids is 1. The highest BCUT2D eigenvalue weighted by molar-refractivity contribution is 7.18. The lowest BCUT2D eigenvalue weighted by molar-refractivity contribution is -0.115. The van der Waals surface area contributed by atoms with Crippen LogP contribution in [0.3, 0.4) is 0 Å². The summed E-state index contributed by atoms with van der Waals surface area (Å²) in [7, 11) is 1.60. The molecule has 0 atom stereocenters. The largest absolute Gasteiger partial charge is 0.464 e. The summed E-state index contributed by atoms with van der Waals surface area (Å²) in [6.07, 6.45) is 6.62. The Kier molecular flexibility index (Phi) is 3.74. The molecule has 3 N–H and O–H groups in total. The van der Waals surface area contributed by atoms with Gasteiger partial charge < -0.3 is 15.5 Å². The first-order valence-corrected chi connectivity index (χ1v) is 8.58. The second-order valence-electron chi connectivity index (χ2n) is 5.57. The van der Waals surface area contributed by atoms with Crippen molar-refractivity contribution in [1.82, 2.24) is 10.3 Å². The Balaban J connectivity index is 1.88. The third-order valence-electron chi connectivity index (χ3n) is 4.08. The number of hydrogen-bond donors (Lipinski definition) is 2. The van der Waals surface area contributed by atoms with Crippen molar-refractivity contribution in [1.29, 1.82) is 0 Å². The third kappa shape index (κ3) is 2.66. The Hall–Kier alpha value is -3.12. The van der Waals surface area contributed by atoms with Crippen LogP contribution in [0, 0.1) is 0 Å². The van der Waals surface area contributed by atoms with Gasteiger partial charge in [-0.1, -0.05) is 6.07 Å². The van der Waals surface area contributed by atoms with Crippen LogP contribution in [0.4, 0.5) is 5.82 Å². The molecule has 0 bridgehead atoms. The number of nitrogens with zero attached hydrogens (tertiary/aromatic N) is 1. The standard InChI is InChI=1S/C19H15N3O2S/c1-21-16(23)5-3-13-9-22-19(20)17-14(10-25-18(13)17)11-2-4-15-12(8-11)6-7-24-15/h2-10H,1H3,(H2,20,22)(H,21,23)/b5-3+. The molecule has 0 unspecified atom stereocenters. The van der Waals surface area contributed by atoms with Crippen molar-refractivity contribution in [2.75, 3.05) is 12.8 Å². The van der Waals surface area contributed by atoms with E-state index in [1.54, 1.807) is 36.9 Å². The van der Waals surface area contributed by atoms with Gasteiger partial charge in [0.15, 0.2) is 0 Å². The summed E-state index contributed by atoms with van der Waals surface area (Å²) in [4.78, 5) is 15.8. The van der Waals surface area contributed by atoms with Crippen LogP contribution in [0.1, 0.15) is 5.56 Å². The molecule has 1 amide bonds. The van der Waals surface area contributed by atoms with Crippen LogP contribution in [0.15, 0.2) is 52.6 Å².